The van der Waals surface area contributed by atoms with Crippen LogP contribution in [0.2, 0.25) is 0 Å². The van der Waals surface area contributed by atoms with E-state index in [0.29, 0.717) is 12.0 Å². The molecular formula is C14H22N2O2. The summed E-state index contributed by atoms with van der Waals surface area (Å²) >= 11 is 0. The first-order valence-electron chi connectivity index (χ1n) is 6.34. The van der Waals surface area contributed by atoms with Crippen LogP contribution >= 0.6 is 0 Å². The number of ether oxygens (including phenoxy) is 2. The summed E-state index contributed by atoms with van der Waals surface area (Å²) in [6.07, 6.45) is 2.12. The summed E-state index contributed by atoms with van der Waals surface area (Å²) in [4.78, 5) is 0. The molecule has 0 radical (unpaired) electrons. The molecule has 1 atom stereocenters. The van der Waals surface area contributed by atoms with Gasteiger partial charge in [-0.15, -0.1) is 0 Å². The number of nitrogens with two attached hydrogens (primary N) is 1. The third-order valence-electron chi connectivity index (χ3n) is 3.77. The lowest BCUT2D eigenvalue weighted by molar-refractivity contribution is 0.201. The molecule has 1 fully saturated rings. The van der Waals surface area contributed by atoms with Crippen molar-refractivity contribution in [3.63, 3.8) is 0 Å². The second kappa shape index (κ2) is 5.59. The summed E-state index contributed by atoms with van der Waals surface area (Å²) in [6.45, 7) is 0. The van der Waals surface area contributed by atoms with Crippen LogP contribution in [-0.2, 0) is 0 Å². The quantitative estimate of drug-likeness (QED) is 0.835. The van der Waals surface area contributed by atoms with Crippen molar-refractivity contribution in [1.29, 1.82) is 0 Å². The van der Waals surface area contributed by atoms with Gasteiger partial charge in [-0.25, -0.2) is 0 Å². The third kappa shape index (κ3) is 2.44. The van der Waals surface area contributed by atoms with E-state index in [1.54, 1.807) is 14.2 Å². The van der Waals surface area contributed by atoms with Crippen LogP contribution in [-0.4, -0.2) is 27.3 Å². The lowest BCUT2D eigenvalue weighted by atomic mass is 9.74. The molecule has 0 saturated heterocycles. The average molecular weight is 250 g/mol. The maximum Gasteiger partial charge on any atom is 0.123 e. The molecule has 1 saturated carbocycles. The van der Waals surface area contributed by atoms with Gasteiger partial charge in [-0.1, -0.05) is 0 Å². The van der Waals surface area contributed by atoms with E-state index in [1.165, 1.54) is 0 Å². The van der Waals surface area contributed by atoms with E-state index in [2.05, 4.69) is 5.32 Å². The Morgan fingerprint density at radius 2 is 2.00 bits per heavy atom. The Labute approximate surface area is 108 Å². The highest BCUT2D eigenvalue weighted by molar-refractivity contribution is 5.42. The highest BCUT2D eigenvalue weighted by Crippen LogP contribution is 2.41. The van der Waals surface area contributed by atoms with Crippen molar-refractivity contribution in [3.8, 4) is 11.5 Å². The van der Waals surface area contributed by atoms with Crippen molar-refractivity contribution in [2.75, 3.05) is 21.3 Å². The van der Waals surface area contributed by atoms with Crippen LogP contribution in [0, 0.1) is 5.92 Å². The Hall–Kier alpha value is -1.26. The van der Waals surface area contributed by atoms with E-state index < -0.39 is 0 Å². The SMILES string of the molecule is CNC(c1cc(OC)ccc1OC)C1CC(N)C1. The van der Waals surface area contributed by atoms with Gasteiger partial charge in [0.25, 0.3) is 0 Å². The van der Waals surface area contributed by atoms with Crippen molar-refractivity contribution < 1.29 is 9.47 Å². The summed E-state index contributed by atoms with van der Waals surface area (Å²) in [5, 5.41) is 3.38. The predicted octanol–water partition coefficient (Wildman–Crippen LogP) is 1.70. The van der Waals surface area contributed by atoms with E-state index in [9.17, 15) is 0 Å². The summed E-state index contributed by atoms with van der Waals surface area (Å²) < 4.78 is 10.7. The van der Waals surface area contributed by atoms with Gasteiger partial charge in [0.2, 0.25) is 0 Å². The van der Waals surface area contributed by atoms with Crippen molar-refractivity contribution in [1.82, 2.24) is 5.32 Å². The van der Waals surface area contributed by atoms with Gasteiger partial charge in [-0.3, -0.25) is 0 Å². The first-order chi connectivity index (χ1) is 8.69. The fraction of sp³-hybridized carbons (Fsp3) is 0.571. The summed E-state index contributed by atoms with van der Waals surface area (Å²) in [5.74, 6) is 2.33. The van der Waals surface area contributed by atoms with Crippen LogP contribution in [0.1, 0.15) is 24.4 Å². The van der Waals surface area contributed by atoms with Crippen LogP contribution < -0.4 is 20.5 Å². The second-order valence-electron chi connectivity index (χ2n) is 4.87. The van der Waals surface area contributed by atoms with Crippen LogP contribution in [0.25, 0.3) is 0 Å². The van der Waals surface area contributed by atoms with Crippen molar-refractivity contribution >= 4 is 0 Å². The first kappa shape index (κ1) is 13.2. The van der Waals surface area contributed by atoms with Crippen LogP contribution in [0.4, 0.5) is 0 Å². The van der Waals surface area contributed by atoms with Gasteiger partial charge < -0.3 is 20.5 Å². The molecule has 2 rings (SSSR count). The van der Waals surface area contributed by atoms with Gasteiger partial charge in [-0.05, 0) is 44.0 Å². The zero-order chi connectivity index (χ0) is 13.1. The number of hydrogen-bond acceptors (Lipinski definition) is 4. The highest BCUT2D eigenvalue weighted by atomic mass is 16.5. The Morgan fingerprint density at radius 3 is 2.50 bits per heavy atom. The lowest BCUT2D eigenvalue weighted by Gasteiger charge is -2.39. The molecule has 4 heteroatoms. The predicted molar refractivity (Wildman–Crippen MR) is 72.0 cm³/mol. The molecule has 1 unspecified atom stereocenters. The minimum atomic E-state index is 0.273. The molecule has 0 spiro atoms. The lowest BCUT2D eigenvalue weighted by Crippen LogP contribution is -2.42. The average Bonchev–Trinajstić information content (AvgIpc) is 2.37. The zero-order valence-corrected chi connectivity index (χ0v) is 11.3. The first-order valence-corrected chi connectivity index (χ1v) is 6.34. The molecule has 0 aliphatic heterocycles. The van der Waals surface area contributed by atoms with Crippen molar-refractivity contribution in [2.45, 2.75) is 24.9 Å². The Kier molecular flexibility index (Phi) is 4.09. The minimum absolute atomic E-state index is 0.273. The van der Waals surface area contributed by atoms with E-state index in [1.807, 2.05) is 25.2 Å². The van der Waals surface area contributed by atoms with Crippen molar-refractivity contribution in [2.24, 2.45) is 11.7 Å². The molecule has 0 bridgehead atoms. The molecule has 0 heterocycles. The highest BCUT2D eigenvalue weighted by Gasteiger charge is 2.34. The number of benzene rings is 1. The van der Waals surface area contributed by atoms with Gasteiger partial charge in [-0.2, -0.15) is 0 Å². The number of methoxy groups -OCH3 is 2. The molecule has 1 aromatic rings. The fourth-order valence-corrected chi connectivity index (χ4v) is 2.71. The molecule has 0 amide bonds. The fourth-order valence-electron chi connectivity index (χ4n) is 2.71. The summed E-state index contributed by atoms with van der Waals surface area (Å²) in [5.41, 5.74) is 7.03. The summed E-state index contributed by atoms with van der Waals surface area (Å²) in [6, 6.07) is 6.54. The molecule has 3 N–H and O–H groups in total. The minimum Gasteiger partial charge on any atom is -0.497 e. The van der Waals surface area contributed by atoms with Crippen LogP contribution in [0.15, 0.2) is 18.2 Å². The Balaban J connectivity index is 2.27. The van der Waals surface area contributed by atoms with Crippen molar-refractivity contribution in [3.05, 3.63) is 23.8 Å². The molecule has 4 nitrogen and oxygen atoms in total. The van der Waals surface area contributed by atoms with Gasteiger partial charge in [0.15, 0.2) is 0 Å². The maximum absolute atomic E-state index is 5.88. The maximum atomic E-state index is 5.88. The molecule has 1 aromatic carbocycles. The zero-order valence-electron chi connectivity index (χ0n) is 11.3. The molecular weight excluding hydrogens is 228 g/mol. The van der Waals surface area contributed by atoms with E-state index >= 15 is 0 Å². The molecule has 1 aliphatic rings. The number of hydrogen-bond donors (Lipinski definition) is 2. The normalized spacial score (nSPS) is 24.2. The standard InChI is InChI=1S/C14H22N2O2/c1-16-14(9-6-10(15)7-9)12-8-11(17-2)4-5-13(12)18-3/h4-5,8-10,14,16H,6-7,15H2,1-3H3. The molecule has 1 aliphatic carbocycles. The van der Waals surface area contributed by atoms with Crippen LogP contribution in [0.3, 0.4) is 0 Å². The van der Waals surface area contributed by atoms with Gasteiger partial charge in [0.05, 0.1) is 14.2 Å². The molecule has 18 heavy (non-hydrogen) atoms. The Morgan fingerprint density at radius 1 is 1.28 bits per heavy atom. The van der Waals surface area contributed by atoms with E-state index in [-0.39, 0.29) is 6.04 Å². The molecule has 0 aromatic heterocycles. The van der Waals surface area contributed by atoms with Gasteiger partial charge in [0, 0.05) is 17.6 Å². The third-order valence-corrected chi connectivity index (χ3v) is 3.77. The topological polar surface area (TPSA) is 56.5 Å². The number of rotatable bonds is 5. The number of nitrogens with one attached hydrogen (secondary N) is 1. The monoisotopic (exact) mass is 250 g/mol. The second-order valence-corrected chi connectivity index (χ2v) is 4.87. The van der Waals surface area contributed by atoms with Gasteiger partial charge in [0.1, 0.15) is 11.5 Å². The Bertz CT molecular complexity index is 403. The van der Waals surface area contributed by atoms with E-state index in [0.717, 1.165) is 29.9 Å². The largest absolute Gasteiger partial charge is 0.497 e. The van der Waals surface area contributed by atoms with Crippen LogP contribution in [0.5, 0.6) is 11.5 Å². The van der Waals surface area contributed by atoms with Gasteiger partial charge >= 0.3 is 0 Å². The smallest absolute Gasteiger partial charge is 0.123 e. The van der Waals surface area contributed by atoms with E-state index in [4.69, 9.17) is 15.2 Å². The molecule has 100 valence electrons. The summed E-state index contributed by atoms with van der Waals surface area (Å²) in [7, 11) is 5.36.